The van der Waals surface area contributed by atoms with Crippen LogP contribution >= 0.6 is 0 Å². The van der Waals surface area contributed by atoms with Gasteiger partial charge in [0.05, 0.1) is 5.92 Å². The number of Topliss-reactive ketones (excluding diaryl/α,β-unsaturated/α-hetero) is 1. The van der Waals surface area contributed by atoms with Crippen LogP contribution in [0.5, 0.6) is 0 Å². The van der Waals surface area contributed by atoms with Crippen molar-refractivity contribution < 1.29 is 9.59 Å². The van der Waals surface area contributed by atoms with Gasteiger partial charge in [-0.25, -0.2) is 0 Å². The molecule has 0 aromatic heterocycles. The molecule has 1 aromatic carbocycles. The second-order valence-electron chi connectivity index (χ2n) is 5.40. The van der Waals surface area contributed by atoms with E-state index in [-0.39, 0.29) is 11.8 Å². The molecule has 0 fully saturated rings. The Labute approximate surface area is 127 Å². The van der Waals surface area contributed by atoms with Gasteiger partial charge in [-0.1, -0.05) is 55.0 Å². The smallest absolute Gasteiger partial charge is 0.141 e. The maximum Gasteiger partial charge on any atom is 0.141 e. The van der Waals surface area contributed by atoms with E-state index in [1.807, 2.05) is 18.9 Å². The summed E-state index contributed by atoms with van der Waals surface area (Å²) in [4.78, 5) is 20.5. The molecule has 0 heterocycles. The first-order chi connectivity index (χ1) is 10.1. The fourth-order valence-corrected chi connectivity index (χ4v) is 2.82. The zero-order chi connectivity index (χ0) is 15.8. The minimum atomic E-state index is -0.0187. The average molecular weight is 284 g/mol. The Balaban J connectivity index is 0.00000106. The second-order valence-corrected chi connectivity index (χ2v) is 5.40. The normalized spacial score (nSPS) is 17.7. The van der Waals surface area contributed by atoms with E-state index >= 15 is 0 Å². The molecule has 2 unspecified atom stereocenters. The van der Waals surface area contributed by atoms with Crippen LogP contribution in [0.1, 0.15) is 43.7 Å². The van der Waals surface area contributed by atoms with E-state index < -0.39 is 0 Å². The number of hydrogen-bond acceptors (Lipinski definition) is 2. The van der Waals surface area contributed by atoms with Gasteiger partial charge in [-0.15, -0.1) is 0 Å². The van der Waals surface area contributed by atoms with Gasteiger partial charge in [-0.2, -0.15) is 0 Å². The van der Waals surface area contributed by atoms with Crippen LogP contribution in [-0.2, 0) is 9.59 Å². The first-order valence-corrected chi connectivity index (χ1v) is 7.37. The third kappa shape index (κ3) is 4.25. The first kappa shape index (κ1) is 17.1. The zero-order valence-corrected chi connectivity index (χ0v) is 13.1. The number of carbonyl (C=O) groups is 2. The molecule has 0 aliphatic heterocycles. The molecule has 2 atom stereocenters. The van der Waals surface area contributed by atoms with Gasteiger partial charge in [0.15, 0.2) is 0 Å². The lowest BCUT2D eigenvalue weighted by Gasteiger charge is -2.22. The highest BCUT2D eigenvalue weighted by Crippen LogP contribution is 2.34. The Kier molecular flexibility index (Phi) is 6.80. The summed E-state index contributed by atoms with van der Waals surface area (Å²) < 4.78 is 0. The summed E-state index contributed by atoms with van der Waals surface area (Å²) in [6, 6.07) is 8.26. The van der Waals surface area contributed by atoms with Crippen LogP contribution in [-0.4, -0.2) is 12.6 Å². The van der Waals surface area contributed by atoms with Crippen molar-refractivity contribution in [2.75, 3.05) is 0 Å². The van der Waals surface area contributed by atoms with E-state index in [0.29, 0.717) is 12.2 Å². The average Bonchev–Trinajstić information content (AvgIpc) is 2.90. The second kappa shape index (κ2) is 8.35. The molecule has 112 valence electrons. The molecule has 21 heavy (non-hydrogen) atoms. The summed E-state index contributed by atoms with van der Waals surface area (Å²) in [6.45, 7) is 8.25. The molecular formula is C19H24O2. The Morgan fingerprint density at radius 2 is 1.90 bits per heavy atom. The first-order valence-electron chi connectivity index (χ1n) is 7.37. The fourth-order valence-electron chi connectivity index (χ4n) is 2.82. The zero-order valence-electron chi connectivity index (χ0n) is 13.1. The standard InChI is InChI=1S/C18H22O.CH2O/c1-4-7-17(19)18(15-11-10-13(2)12-15)16-9-6-5-8-14(16)3;1-2/h5-6,8-12,15,18H,4,7H2,1-3H3;1H2. The van der Waals surface area contributed by atoms with Crippen LogP contribution in [0, 0.1) is 12.8 Å². The maximum atomic E-state index is 12.5. The van der Waals surface area contributed by atoms with Crippen molar-refractivity contribution in [2.24, 2.45) is 5.92 Å². The number of benzene rings is 1. The van der Waals surface area contributed by atoms with E-state index in [1.165, 1.54) is 16.7 Å². The summed E-state index contributed by atoms with van der Waals surface area (Å²) in [5.41, 5.74) is 3.65. The lowest BCUT2D eigenvalue weighted by Crippen LogP contribution is -2.19. The summed E-state index contributed by atoms with van der Waals surface area (Å²) in [5.74, 6) is 0.562. The lowest BCUT2D eigenvalue weighted by molar-refractivity contribution is -0.121. The van der Waals surface area contributed by atoms with Crippen molar-refractivity contribution >= 4 is 12.6 Å². The Hall–Kier alpha value is -1.96. The van der Waals surface area contributed by atoms with Crippen LogP contribution in [0.4, 0.5) is 0 Å². The van der Waals surface area contributed by atoms with Gasteiger partial charge < -0.3 is 4.79 Å². The predicted octanol–water partition coefficient (Wildman–Crippen LogP) is 4.40. The number of allylic oxidation sites excluding steroid dienone is 4. The molecule has 2 nitrogen and oxygen atoms in total. The van der Waals surface area contributed by atoms with Crippen LogP contribution in [0.15, 0.2) is 48.1 Å². The Morgan fingerprint density at radius 3 is 2.43 bits per heavy atom. The molecule has 0 spiro atoms. The van der Waals surface area contributed by atoms with E-state index in [4.69, 9.17) is 4.79 Å². The molecule has 2 rings (SSSR count). The number of hydrogen-bond donors (Lipinski definition) is 0. The quantitative estimate of drug-likeness (QED) is 0.803. The monoisotopic (exact) mass is 284 g/mol. The number of rotatable bonds is 5. The highest BCUT2D eigenvalue weighted by Gasteiger charge is 2.28. The van der Waals surface area contributed by atoms with Gasteiger partial charge in [0.2, 0.25) is 0 Å². The van der Waals surface area contributed by atoms with Crippen molar-refractivity contribution in [2.45, 2.75) is 39.5 Å². The van der Waals surface area contributed by atoms with Gasteiger partial charge in [0, 0.05) is 12.3 Å². The van der Waals surface area contributed by atoms with Gasteiger partial charge in [0.25, 0.3) is 0 Å². The van der Waals surface area contributed by atoms with E-state index in [2.05, 4.69) is 51.1 Å². The van der Waals surface area contributed by atoms with Gasteiger partial charge in [0.1, 0.15) is 12.6 Å². The van der Waals surface area contributed by atoms with Crippen molar-refractivity contribution in [1.29, 1.82) is 0 Å². The van der Waals surface area contributed by atoms with Gasteiger partial charge in [-0.05, 0) is 31.4 Å². The largest absolute Gasteiger partial charge is 0.307 e. The summed E-state index contributed by atoms with van der Waals surface area (Å²) in [6.07, 6.45) is 8.08. The molecule has 0 bridgehead atoms. The fraction of sp³-hybridized carbons (Fsp3) is 0.368. The maximum absolute atomic E-state index is 12.5. The van der Waals surface area contributed by atoms with Crippen molar-refractivity contribution in [3.05, 3.63) is 59.2 Å². The van der Waals surface area contributed by atoms with Crippen molar-refractivity contribution in [1.82, 2.24) is 0 Å². The van der Waals surface area contributed by atoms with Crippen LogP contribution in [0.3, 0.4) is 0 Å². The van der Waals surface area contributed by atoms with Crippen LogP contribution in [0.2, 0.25) is 0 Å². The highest BCUT2D eigenvalue weighted by atomic mass is 16.1. The summed E-state index contributed by atoms with van der Waals surface area (Å²) in [5, 5.41) is 0. The van der Waals surface area contributed by atoms with Crippen molar-refractivity contribution in [3.8, 4) is 0 Å². The molecule has 0 saturated heterocycles. The third-order valence-corrected chi connectivity index (χ3v) is 3.79. The Morgan fingerprint density at radius 1 is 1.24 bits per heavy atom. The molecule has 0 saturated carbocycles. The van der Waals surface area contributed by atoms with Gasteiger partial charge >= 0.3 is 0 Å². The molecule has 1 aliphatic rings. The predicted molar refractivity (Wildman–Crippen MR) is 87.3 cm³/mol. The van der Waals surface area contributed by atoms with Crippen molar-refractivity contribution in [3.63, 3.8) is 0 Å². The molecule has 1 aromatic rings. The summed E-state index contributed by atoms with van der Waals surface area (Å²) >= 11 is 0. The number of carbonyl (C=O) groups excluding carboxylic acids is 2. The molecule has 2 heteroatoms. The molecule has 0 N–H and O–H groups in total. The van der Waals surface area contributed by atoms with E-state index in [9.17, 15) is 4.79 Å². The van der Waals surface area contributed by atoms with Crippen LogP contribution in [0.25, 0.3) is 0 Å². The minimum Gasteiger partial charge on any atom is -0.307 e. The highest BCUT2D eigenvalue weighted by molar-refractivity contribution is 5.87. The third-order valence-electron chi connectivity index (χ3n) is 3.79. The minimum absolute atomic E-state index is 0.0187. The summed E-state index contributed by atoms with van der Waals surface area (Å²) in [7, 11) is 0. The number of ketones is 1. The van der Waals surface area contributed by atoms with Gasteiger partial charge in [-0.3, -0.25) is 4.79 Å². The number of aryl methyl sites for hydroxylation is 1. The molecular weight excluding hydrogens is 260 g/mol. The molecule has 0 radical (unpaired) electrons. The van der Waals surface area contributed by atoms with E-state index in [0.717, 1.165) is 6.42 Å². The topological polar surface area (TPSA) is 34.1 Å². The van der Waals surface area contributed by atoms with Crippen LogP contribution < -0.4 is 0 Å². The molecule has 1 aliphatic carbocycles. The lowest BCUT2D eigenvalue weighted by atomic mass is 9.80. The SMILES string of the molecule is C=O.CCCC(=O)C(c1ccccc1C)C1C=CC(C)=C1. The Bertz CT molecular complexity index is 540. The van der Waals surface area contributed by atoms with E-state index in [1.54, 1.807) is 0 Å². The molecule has 0 amide bonds.